The lowest BCUT2D eigenvalue weighted by molar-refractivity contribution is -0.167. The molecular formula is C63H112O6. The Morgan fingerprint density at radius 1 is 0.304 bits per heavy atom. The van der Waals surface area contributed by atoms with Crippen molar-refractivity contribution in [3.63, 3.8) is 0 Å². The van der Waals surface area contributed by atoms with Gasteiger partial charge in [0.2, 0.25) is 0 Å². The molecule has 0 aromatic heterocycles. The summed E-state index contributed by atoms with van der Waals surface area (Å²) < 4.78 is 16.9. The van der Waals surface area contributed by atoms with E-state index in [1.807, 2.05) is 0 Å². The second-order valence-electron chi connectivity index (χ2n) is 19.9. The fourth-order valence-corrected chi connectivity index (χ4v) is 8.55. The molecule has 0 N–H and O–H groups in total. The molecule has 0 aliphatic carbocycles. The molecule has 1 atom stereocenters. The third kappa shape index (κ3) is 55.9. The number of carbonyl (C=O) groups excluding carboxylic acids is 3. The van der Waals surface area contributed by atoms with Gasteiger partial charge in [0, 0.05) is 19.3 Å². The van der Waals surface area contributed by atoms with E-state index in [2.05, 4.69) is 81.5 Å². The summed E-state index contributed by atoms with van der Waals surface area (Å²) in [7, 11) is 0. The second-order valence-corrected chi connectivity index (χ2v) is 19.9. The van der Waals surface area contributed by atoms with E-state index in [9.17, 15) is 14.4 Å². The lowest BCUT2D eigenvalue weighted by Gasteiger charge is -2.18. The molecule has 0 aromatic rings. The zero-order chi connectivity index (χ0) is 50.0. The van der Waals surface area contributed by atoms with Gasteiger partial charge in [-0.25, -0.2) is 0 Å². The van der Waals surface area contributed by atoms with Crippen LogP contribution in [0.3, 0.4) is 0 Å². The predicted octanol–water partition coefficient (Wildman–Crippen LogP) is 20.0. The van der Waals surface area contributed by atoms with Crippen LogP contribution in [0.2, 0.25) is 0 Å². The monoisotopic (exact) mass is 965 g/mol. The first-order valence-corrected chi connectivity index (χ1v) is 29.8. The number of hydrogen-bond acceptors (Lipinski definition) is 6. The number of esters is 3. The first-order valence-electron chi connectivity index (χ1n) is 29.8. The van der Waals surface area contributed by atoms with Crippen LogP contribution in [-0.2, 0) is 28.6 Å². The van der Waals surface area contributed by atoms with Gasteiger partial charge in [0.05, 0.1) is 0 Å². The molecule has 400 valence electrons. The zero-order valence-electron chi connectivity index (χ0n) is 45.8. The van der Waals surface area contributed by atoms with E-state index in [4.69, 9.17) is 14.2 Å². The van der Waals surface area contributed by atoms with Crippen LogP contribution in [0.5, 0.6) is 0 Å². The molecule has 0 radical (unpaired) electrons. The maximum absolute atomic E-state index is 12.8. The minimum atomic E-state index is -0.781. The highest BCUT2D eigenvalue weighted by Gasteiger charge is 2.19. The second kappa shape index (κ2) is 57.7. The molecule has 0 amide bonds. The molecule has 69 heavy (non-hydrogen) atoms. The topological polar surface area (TPSA) is 78.9 Å². The summed E-state index contributed by atoms with van der Waals surface area (Å²) >= 11 is 0. The van der Waals surface area contributed by atoms with E-state index < -0.39 is 6.10 Å². The van der Waals surface area contributed by atoms with Crippen molar-refractivity contribution in [2.24, 2.45) is 0 Å². The van der Waals surface area contributed by atoms with Crippen LogP contribution in [0.25, 0.3) is 0 Å². The van der Waals surface area contributed by atoms with Gasteiger partial charge in [0.1, 0.15) is 13.2 Å². The SMILES string of the molecule is CC/C=C\C/C=C\C/C=C\CCCCCCCC(=O)OC(COC(=O)CCCCCCCCCCCCC)COC(=O)CCCCCCCCCCCCCCC/C=C\C/C=C\CCCCCCC. The quantitative estimate of drug-likeness (QED) is 0.0262. The van der Waals surface area contributed by atoms with Gasteiger partial charge in [0.25, 0.3) is 0 Å². The smallest absolute Gasteiger partial charge is 0.306 e. The number of unbranched alkanes of at least 4 members (excludes halogenated alkanes) is 33. The molecule has 0 saturated heterocycles. The summed E-state index contributed by atoms with van der Waals surface area (Å²) in [6, 6.07) is 0. The van der Waals surface area contributed by atoms with E-state index in [1.54, 1.807) is 0 Å². The Bertz CT molecular complexity index is 1250. The van der Waals surface area contributed by atoms with Crippen molar-refractivity contribution < 1.29 is 28.6 Å². The summed E-state index contributed by atoms with van der Waals surface area (Å²) in [4.78, 5) is 38.1. The molecule has 6 nitrogen and oxygen atoms in total. The molecule has 1 unspecified atom stereocenters. The molecule has 0 rings (SSSR count). The van der Waals surface area contributed by atoms with E-state index in [1.165, 1.54) is 161 Å². The first kappa shape index (κ1) is 66.1. The van der Waals surface area contributed by atoms with Crippen LogP contribution in [-0.4, -0.2) is 37.2 Å². The Balaban J connectivity index is 4.24. The molecule has 6 heteroatoms. The summed E-state index contributed by atoms with van der Waals surface area (Å²) in [5.41, 5.74) is 0. The van der Waals surface area contributed by atoms with Crippen LogP contribution in [0.1, 0.15) is 303 Å². The van der Waals surface area contributed by atoms with Crippen LogP contribution < -0.4 is 0 Å². The third-order valence-corrected chi connectivity index (χ3v) is 13.0. The van der Waals surface area contributed by atoms with Gasteiger partial charge in [-0.05, 0) is 83.5 Å². The Morgan fingerprint density at radius 3 is 0.884 bits per heavy atom. The van der Waals surface area contributed by atoms with Crippen molar-refractivity contribution in [3.8, 4) is 0 Å². The number of carbonyl (C=O) groups is 3. The summed E-state index contributed by atoms with van der Waals surface area (Å²) in [5, 5.41) is 0. The lowest BCUT2D eigenvalue weighted by Crippen LogP contribution is -2.30. The fraction of sp³-hybridized carbons (Fsp3) is 0.794. The molecule has 0 aromatic carbocycles. The zero-order valence-corrected chi connectivity index (χ0v) is 45.8. The van der Waals surface area contributed by atoms with Gasteiger partial charge in [-0.2, -0.15) is 0 Å². The minimum absolute atomic E-state index is 0.0786. The highest BCUT2D eigenvalue weighted by Crippen LogP contribution is 2.16. The Morgan fingerprint density at radius 2 is 0.565 bits per heavy atom. The van der Waals surface area contributed by atoms with Crippen LogP contribution >= 0.6 is 0 Å². The average molecular weight is 966 g/mol. The highest BCUT2D eigenvalue weighted by molar-refractivity contribution is 5.71. The van der Waals surface area contributed by atoms with E-state index in [0.717, 1.165) is 103 Å². The summed E-state index contributed by atoms with van der Waals surface area (Å²) in [5.74, 6) is -0.885. The van der Waals surface area contributed by atoms with Crippen LogP contribution in [0.4, 0.5) is 0 Å². The molecule has 0 fully saturated rings. The Hall–Kier alpha value is -2.89. The molecule has 0 aliphatic heterocycles. The highest BCUT2D eigenvalue weighted by atomic mass is 16.6. The third-order valence-electron chi connectivity index (χ3n) is 13.0. The van der Waals surface area contributed by atoms with Crippen LogP contribution in [0, 0.1) is 0 Å². The van der Waals surface area contributed by atoms with E-state index >= 15 is 0 Å². The van der Waals surface area contributed by atoms with Gasteiger partial charge in [-0.3, -0.25) is 14.4 Å². The van der Waals surface area contributed by atoms with Crippen molar-refractivity contribution in [2.75, 3.05) is 13.2 Å². The standard InChI is InChI=1S/C63H112O6/c1-4-7-10-13-16-19-22-24-26-27-28-29-30-31-32-33-34-35-37-38-41-44-47-50-53-56-62(65)68-59-60(58-67-61(64)55-52-49-46-43-40-21-18-15-12-9-6-3)69-63(66)57-54-51-48-45-42-39-36-25-23-20-17-14-11-8-5-2/h8,11,17,20,22,24-25,27-28,36,60H,4-7,9-10,12-16,18-19,21,23,26,29-35,37-59H2,1-3H3/b11-8-,20-17-,24-22-,28-27-,36-25-. The fourth-order valence-electron chi connectivity index (χ4n) is 8.55. The molecular weight excluding hydrogens is 853 g/mol. The molecule has 0 saturated carbocycles. The van der Waals surface area contributed by atoms with Gasteiger partial charge >= 0.3 is 17.9 Å². The van der Waals surface area contributed by atoms with Crippen molar-refractivity contribution in [1.29, 1.82) is 0 Å². The largest absolute Gasteiger partial charge is 0.462 e. The summed E-state index contributed by atoms with van der Waals surface area (Å²) in [6.07, 6.45) is 72.2. The molecule has 0 bridgehead atoms. The van der Waals surface area contributed by atoms with Crippen molar-refractivity contribution >= 4 is 17.9 Å². The predicted molar refractivity (Wildman–Crippen MR) is 298 cm³/mol. The van der Waals surface area contributed by atoms with Crippen molar-refractivity contribution in [3.05, 3.63) is 60.8 Å². The number of hydrogen-bond donors (Lipinski definition) is 0. The molecule has 0 heterocycles. The summed E-state index contributed by atoms with van der Waals surface area (Å²) in [6.45, 7) is 6.52. The van der Waals surface area contributed by atoms with Gasteiger partial charge in [0.15, 0.2) is 6.10 Å². The van der Waals surface area contributed by atoms with Crippen LogP contribution in [0.15, 0.2) is 60.8 Å². The lowest BCUT2D eigenvalue weighted by atomic mass is 10.0. The average Bonchev–Trinajstić information content (AvgIpc) is 3.35. The molecule has 0 spiro atoms. The number of rotatable bonds is 54. The van der Waals surface area contributed by atoms with E-state index in [-0.39, 0.29) is 31.1 Å². The molecule has 0 aliphatic rings. The minimum Gasteiger partial charge on any atom is -0.462 e. The maximum Gasteiger partial charge on any atom is 0.306 e. The van der Waals surface area contributed by atoms with E-state index in [0.29, 0.717) is 19.3 Å². The first-order chi connectivity index (χ1) is 34.0. The van der Waals surface area contributed by atoms with Gasteiger partial charge in [-0.15, -0.1) is 0 Å². The van der Waals surface area contributed by atoms with Gasteiger partial charge in [-0.1, -0.05) is 261 Å². The number of ether oxygens (including phenoxy) is 3. The normalized spacial score (nSPS) is 12.4. The maximum atomic E-state index is 12.8. The number of allylic oxidation sites excluding steroid dienone is 10. The van der Waals surface area contributed by atoms with Gasteiger partial charge < -0.3 is 14.2 Å². The Kier molecular flexibility index (Phi) is 55.3. The van der Waals surface area contributed by atoms with Crippen molar-refractivity contribution in [1.82, 2.24) is 0 Å². The van der Waals surface area contributed by atoms with Crippen molar-refractivity contribution in [2.45, 2.75) is 309 Å². The Labute approximate surface area is 428 Å².